The van der Waals surface area contributed by atoms with Gasteiger partial charge in [0.25, 0.3) is 0 Å². The Labute approximate surface area is 95.9 Å². The first-order valence-electron chi connectivity index (χ1n) is 4.85. The number of nitrogens with zero attached hydrogens (tertiary/aromatic N) is 5. The molecule has 2 heterocycles. The first kappa shape index (κ1) is 11.0. The van der Waals surface area contributed by atoms with Gasteiger partial charge in [-0.15, -0.1) is 0 Å². The molecular formula is C8H10N6O3. The maximum absolute atomic E-state index is 11.2. The highest BCUT2D eigenvalue weighted by Gasteiger charge is 2.19. The third kappa shape index (κ3) is 2.07. The largest absolute Gasteiger partial charge is 0.358 e. The van der Waals surface area contributed by atoms with E-state index in [1.807, 2.05) is 0 Å². The average molecular weight is 238 g/mol. The Hall–Kier alpha value is -2.45. The molecule has 9 nitrogen and oxygen atoms in total. The number of rotatable bonds is 3. The van der Waals surface area contributed by atoms with Crippen LogP contribution in [0.2, 0.25) is 0 Å². The molecule has 1 saturated heterocycles. The van der Waals surface area contributed by atoms with Gasteiger partial charge in [0, 0.05) is 6.54 Å². The summed E-state index contributed by atoms with van der Waals surface area (Å²) in [6.45, 7) is 1.01. The molecule has 1 fully saturated rings. The Kier molecular flexibility index (Phi) is 2.73. The summed E-state index contributed by atoms with van der Waals surface area (Å²) in [6.07, 6.45) is 2.46. The molecule has 1 N–H and O–H groups in total. The number of carbonyl (C=O) groups excluding carboxylic acids is 1. The van der Waals surface area contributed by atoms with Crippen LogP contribution in [0.25, 0.3) is 0 Å². The number of hydrogen-bond donors (Lipinski definition) is 1. The number of nitrogens with one attached hydrogen (secondary N) is 1. The van der Waals surface area contributed by atoms with Crippen LogP contribution in [0.4, 0.5) is 10.6 Å². The van der Waals surface area contributed by atoms with E-state index >= 15 is 0 Å². The van der Waals surface area contributed by atoms with Gasteiger partial charge in [-0.3, -0.25) is 0 Å². The van der Waals surface area contributed by atoms with Crippen molar-refractivity contribution in [2.45, 2.75) is 0 Å². The lowest BCUT2D eigenvalue weighted by atomic mass is 10.6. The van der Waals surface area contributed by atoms with Gasteiger partial charge >= 0.3 is 11.8 Å². The number of hydrogen-bond acceptors (Lipinski definition) is 5. The van der Waals surface area contributed by atoms with Crippen LogP contribution in [0.1, 0.15) is 5.82 Å². The SMILES string of the molecule is Cn1c([N+](=O)[O-])cnc1C=NN1CCNC1=O. The second kappa shape index (κ2) is 4.20. The molecular weight excluding hydrogens is 228 g/mol. The normalized spacial score (nSPS) is 15.6. The van der Waals surface area contributed by atoms with Crippen LogP contribution in [-0.2, 0) is 7.05 Å². The molecule has 1 aliphatic rings. The van der Waals surface area contributed by atoms with E-state index in [9.17, 15) is 14.9 Å². The molecule has 1 aromatic rings. The Morgan fingerprint density at radius 3 is 3.00 bits per heavy atom. The topological polar surface area (TPSA) is 106 Å². The van der Waals surface area contributed by atoms with Crippen LogP contribution >= 0.6 is 0 Å². The standard InChI is InChI=1S/C8H10N6O3/c1-12-6(10-5-7(12)14(16)17)4-11-13-3-2-9-8(13)15/h4-5H,2-3H2,1H3,(H,9,15). The Bertz CT molecular complexity index is 493. The molecule has 2 amide bonds. The molecule has 0 aromatic carbocycles. The number of hydrazone groups is 1. The number of carbonyl (C=O) groups is 1. The summed E-state index contributed by atoms with van der Waals surface area (Å²) in [5, 5.41) is 18.3. The summed E-state index contributed by atoms with van der Waals surface area (Å²) in [5.74, 6) is 0.189. The van der Waals surface area contributed by atoms with Crippen LogP contribution in [0.3, 0.4) is 0 Å². The molecule has 17 heavy (non-hydrogen) atoms. The van der Waals surface area contributed by atoms with Gasteiger partial charge in [-0.25, -0.2) is 19.4 Å². The van der Waals surface area contributed by atoms with E-state index in [1.54, 1.807) is 0 Å². The summed E-state index contributed by atoms with van der Waals surface area (Å²) < 4.78 is 1.29. The number of imidazole rings is 1. The van der Waals surface area contributed by atoms with Crippen molar-refractivity contribution in [3.8, 4) is 0 Å². The van der Waals surface area contributed by atoms with E-state index < -0.39 is 4.92 Å². The Morgan fingerprint density at radius 1 is 1.71 bits per heavy atom. The molecule has 2 rings (SSSR count). The first-order chi connectivity index (χ1) is 8.09. The number of nitro groups is 1. The maximum atomic E-state index is 11.2. The predicted molar refractivity (Wildman–Crippen MR) is 57.6 cm³/mol. The van der Waals surface area contributed by atoms with E-state index in [2.05, 4.69) is 15.4 Å². The minimum absolute atomic E-state index is 0.127. The number of urea groups is 1. The molecule has 0 radical (unpaired) electrons. The van der Waals surface area contributed by atoms with E-state index in [0.717, 1.165) is 6.20 Å². The van der Waals surface area contributed by atoms with Gasteiger partial charge < -0.3 is 15.4 Å². The van der Waals surface area contributed by atoms with E-state index in [-0.39, 0.29) is 11.8 Å². The van der Waals surface area contributed by atoms with Gasteiger partial charge in [-0.2, -0.15) is 5.10 Å². The molecule has 0 atom stereocenters. The molecule has 0 aliphatic carbocycles. The molecule has 0 spiro atoms. The number of amides is 2. The fourth-order valence-electron chi connectivity index (χ4n) is 1.40. The van der Waals surface area contributed by atoms with Crippen molar-refractivity contribution in [2.24, 2.45) is 12.1 Å². The Balaban J connectivity index is 2.16. The zero-order valence-electron chi connectivity index (χ0n) is 9.03. The molecule has 0 unspecified atom stereocenters. The molecule has 90 valence electrons. The fourth-order valence-corrected chi connectivity index (χ4v) is 1.40. The van der Waals surface area contributed by atoms with Gasteiger partial charge in [0.05, 0.1) is 13.6 Å². The highest BCUT2D eigenvalue weighted by atomic mass is 16.6. The summed E-state index contributed by atoms with van der Waals surface area (Å²) in [7, 11) is 1.51. The maximum Gasteiger partial charge on any atom is 0.342 e. The quantitative estimate of drug-likeness (QED) is 0.442. The van der Waals surface area contributed by atoms with Crippen molar-refractivity contribution in [1.29, 1.82) is 0 Å². The second-order valence-electron chi connectivity index (χ2n) is 3.39. The van der Waals surface area contributed by atoms with Crippen LogP contribution in [0.15, 0.2) is 11.3 Å². The van der Waals surface area contributed by atoms with Crippen molar-refractivity contribution >= 4 is 18.1 Å². The molecule has 9 heteroatoms. The molecule has 0 saturated carbocycles. The smallest absolute Gasteiger partial charge is 0.342 e. The third-order valence-corrected chi connectivity index (χ3v) is 2.33. The van der Waals surface area contributed by atoms with E-state index in [1.165, 1.54) is 22.8 Å². The second-order valence-corrected chi connectivity index (χ2v) is 3.39. The van der Waals surface area contributed by atoms with E-state index in [0.29, 0.717) is 18.9 Å². The van der Waals surface area contributed by atoms with Gasteiger partial charge in [-0.1, -0.05) is 0 Å². The molecule has 0 bridgehead atoms. The van der Waals surface area contributed by atoms with E-state index in [4.69, 9.17) is 0 Å². The predicted octanol–water partition coefficient (Wildman–Crippen LogP) is -0.313. The van der Waals surface area contributed by atoms with Gasteiger partial charge in [0.15, 0.2) is 0 Å². The lowest BCUT2D eigenvalue weighted by molar-refractivity contribution is -0.391. The average Bonchev–Trinajstić information content (AvgIpc) is 2.82. The lowest BCUT2D eigenvalue weighted by Crippen LogP contribution is -2.23. The summed E-state index contributed by atoms with van der Waals surface area (Å²) in [6, 6.07) is -0.287. The summed E-state index contributed by atoms with van der Waals surface area (Å²) >= 11 is 0. The fraction of sp³-hybridized carbons (Fsp3) is 0.375. The number of aromatic nitrogens is 2. The minimum atomic E-state index is -0.535. The van der Waals surface area contributed by atoms with Crippen molar-refractivity contribution in [2.75, 3.05) is 13.1 Å². The van der Waals surface area contributed by atoms with Gasteiger partial charge in [-0.05, 0) is 4.92 Å². The lowest BCUT2D eigenvalue weighted by Gasteiger charge is -2.04. The van der Waals surface area contributed by atoms with Crippen molar-refractivity contribution < 1.29 is 9.72 Å². The first-order valence-corrected chi connectivity index (χ1v) is 4.85. The molecule has 1 aliphatic heterocycles. The van der Waals surface area contributed by atoms with Crippen LogP contribution < -0.4 is 5.32 Å². The third-order valence-electron chi connectivity index (χ3n) is 2.33. The highest BCUT2D eigenvalue weighted by Crippen LogP contribution is 2.10. The summed E-state index contributed by atoms with van der Waals surface area (Å²) in [4.78, 5) is 25.0. The van der Waals surface area contributed by atoms with Crippen LogP contribution in [0.5, 0.6) is 0 Å². The van der Waals surface area contributed by atoms with Crippen LogP contribution in [-0.4, -0.2) is 44.8 Å². The monoisotopic (exact) mass is 238 g/mol. The Morgan fingerprint density at radius 2 is 2.47 bits per heavy atom. The zero-order valence-corrected chi connectivity index (χ0v) is 9.03. The molecule has 1 aromatic heterocycles. The van der Waals surface area contributed by atoms with Crippen molar-refractivity contribution in [1.82, 2.24) is 19.9 Å². The minimum Gasteiger partial charge on any atom is -0.358 e. The zero-order chi connectivity index (χ0) is 12.4. The summed E-state index contributed by atoms with van der Waals surface area (Å²) in [5.41, 5.74) is 0. The van der Waals surface area contributed by atoms with Gasteiger partial charge in [0.1, 0.15) is 12.4 Å². The van der Waals surface area contributed by atoms with Crippen molar-refractivity contribution in [3.63, 3.8) is 0 Å². The van der Waals surface area contributed by atoms with Crippen molar-refractivity contribution in [3.05, 3.63) is 22.1 Å². The van der Waals surface area contributed by atoms with Gasteiger partial charge in [0.2, 0.25) is 5.82 Å². The van der Waals surface area contributed by atoms with Crippen LogP contribution in [0, 0.1) is 10.1 Å². The highest BCUT2D eigenvalue weighted by molar-refractivity contribution is 5.80.